The lowest BCUT2D eigenvalue weighted by Gasteiger charge is -2.25. The molecule has 0 radical (unpaired) electrons. The summed E-state index contributed by atoms with van der Waals surface area (Å²) in [6.45, 7) is 9.46. The second kappa shape index (κ2) is 12.8. The molecule has 0 N–H and O–H groups in total. The fraction of sp³-hybridized carbons (Fsp3) is 0.119. The minimum absolute atomic E-state index is 0.0685. The summed E-state index contributed by atoms with van der Waals surface area (Å²) in [6.07, 6.45) is 0. The van der Waals surface area contributed by atoms with Crippen LogP contribution in [0.4, 0.5) is 0 Å². The lowest BCUT2D eigenvalue weighted by atomic mass is 9.78. The molecule has 1 aromatic heterocycles. The summed E-state index contributed by atoms with van der Waals surface area (Å²) in [5.74, 6) is -0.0685. The normalized spacial score (nSPS) is 14.9. The van der Waals surface area contributed by atoms with Gasteiger partial charge in [0.25, 0.3) is 0 Å². The van der Waals surface area contributed by atoms with Crippen molar-refractivity contribution in [3.63, 3.8) is 0 Å². The molecule has 286 valence electrons. The Morgan fingerprint density at radius 3 is 1.65 bits per heavy atom. The van der Waals surface area contributed by atoms with E-state index >= 15 is 0 Å². The van der Waals surface area contributed by atoms with E-state index in [0.29, 0.717) is 0 Å². The highest BCUT2D eigenvalue weighted by Gasteiger charge is 2.37. The van der Waals surface area contributed by atoms with E-state index in [4.69, 9.17) is 4.42 Å². The van der Waals surface area contributed by atoms with E-state index in [1.54, 1.807) is 0 Å². The van der Waals surface area contributed by atoms with E-state index in [2.05, 4.69) is 216 Å². The first-order valence-corrected chi connectivity index (χ1v) is 21.3. The number of fused-ring (bicyclic) bond motifs is 10. The highest BCUT2D eigenvalue weighted by atomic mass is 16.3. The van der Waals surface area contributed by atoms with Gasteiger partial charge >= 0.3 is 0 Å². The van der Waals surface area contributed by atoms with Crippen LogP contribution in [0.25, 0.3) is 77.2 Å². The van der Waals surface area contributed by atoms with Gasteiger partial charge in [-0.05, 0) is 95.2 Å². The van der Waals surface area contributed by atoms with Crippen LogP contribution in [-0.4, -0.2) is 0 Å². The molecule has 1 atom stereocenters. The Bertz CT molecular complexity index is 3360. The third-order valence-corrected chi connectivity index (χ3v) is 14.0. The fourth-order valence-electron chi connectivity index (χ4n) is 10.9. The lowest BCUT2D eigenvalue weighted by Crippen LogP contribution is -2.15. The maximum Gasteiger partial charge on any atom is 0.143 e. The molecule has 60 heavy (non-hydrogen) atoms. The van der Waals surface area contributed by atoms with E-state index in [1.165, 1.54) is 88.7 Å². The van der Waals surface area contributed by atoms with Crippen LogP contribution in [0.5, 0.6) is 0 Å². The van der Waals surface area contributed by atoms with E-state index in [-0.39, 0.29) is 16.7 Å². The molecule has 1 heteroatoms. The van der Waals surface area contributed by atoms with E-state index in [1.807, 2.05) is 0 Å². The lowest BCUT2D eigenvalue weighted by molar-refractivity contribution is 0.656. The first-order chi connectivity index (χ1) is 29.3. The smallest absolute Gasteiger partial charge is 0.143 e. The number of hydrogen-bond donors (Lipinski definition) is 0. The van der Waals surface area contributed by atoms with Gasteiger partial charge in [0.05, 0.1) is 0 Å². The maximum absolute atomic E-state index is 7.41. The maximum atomic E-state index is 7.41. The van der Waals surface area contributed by atoms with Crippen LogP contribution in [0, 0.1) is 0 Å². The quantitative estimate of drug-likeness (QED) is 0.159. The van der Waals surface area contributed by atoms with E-state index < -0.39 is 0 Å². The van der Waals surface area contributed by atoms with Crippen molar-refractivity contribution in [3.8, 4) is 44.5 Å². The fourth-order valence-corrected chi connectivity index (χ4v) is 10.9. The van der Waals surface area contributed by atoms with Crippen molar-refractivity contribution in [1.82, 2.24) is 0 Å². The van der Waals surface area contributed by atoms with Crippen molar-refractivity contribution >= 4 is 32.7 Å². The molecule has 1 nitrogen and oxygen atoms in total. The van der Waals surface area contributed by atoms with Crippen LogP contribution in [0.1, 0.15) is 72.6 Å². The number of hydrogen-bond acceptors (Lipinski definition) is 1. The molecule has 0 fully saturated rings. The molecule has 2 aliphatic carbocycles. The van der Waals surface area contributed by atoms with Crippen LogP contribution in [0.3, 0.4) is 0 Å². The molecule has 0 spiro atoms. The zero-order chi connectivity index (χ0) is 40.3. The van der Waals surface area contributed by atoms with Crippen LogP contribution >= 0.6 is 0 Å². The summed E-state index contributed by atoms with van der Waals surface area (Å²) in [5.41, 5.74) is 20.9. The number of rotatable bonds is 5. The zero-order valence-corrected chi connectivity index (χ0v) is 34.4. The van der Waals surface area contributed by atoms with Gasteiger partial charge in [0.15, 0.2) is 0 Å². The summed E-state index contributed by atoms with van der Waals surface area (Å²) in [4.78, 5) is 0. The average molecular weight is 769 g/mol. The predicted molar refractivity (Wildman–Crippen MR) is 251 cm³/mol. The van der Waals surface area contributed by atoms with Crippen molar-refractivity contribution in [1.29, 1.82) is 0 Å². The first kappa shape index (κ1) is 35.0. The highest BCUT2D eigenvalue weighted by Crippen LogP contribution is 2.53. The molecule has 9 aromatic carbocycles. The third kappa shape index (κ3) is 4.99. The summed E-state index contributed by atoms with van der Waals surface area (Å²) < 4.78 is 7.41. The topological polar surface area (TPSA) is 13.1 Å². The summed E-state index contributed by atoms with van der Waals surface area (Å²) >= 11 is 0. The van der Waals surface area contributed by atoms with E-state index in [0.717, 1.165) is 27.5 Å². The van der Waals surface area contributed by atoms with Crippen molar-refractivity contribution in [2.45, 2.75) is 44.4 Å². The molecule has 0 aliphatic heterocycles. The van der Waals surface area contributed by atoms with Crippen molar-refractivity contribution in [3.05, 3.63) is 227 Å². The highest BCUT2D eigenvalue weighted by molar-refractivity contribution is 6.19. The van der Waals surface area contributed by atoms with Crippen LogP contribution < -0.4 is 0 Å². The molecule has 1 heterocycles. The Morgan fingerprint density at radius 1 is 0.367 bits per heavy atom. The van der Waals surface area contributed by atoms with Gasteiger partial charge in [-0.3, -0.25) is 0 Å². The van der Waals surface area contributed by atoms with E-state index in [9.17, 15) is 0 Å². The van der Waals surface area contributed by atoms with Crippen LogP contribution in [0.2, 0.25) is 0 Å². The van der Waals surface area contributed by atoms with Crippen LogP contribution in [-0.2, 0) is 10.8 Å². The molecule has 2 aliphatic rings. The molecular formula is C59H44O. The predicted octanol–water partition coefficient (Wildman–Crippen LogP) is 15.9. The minimum atomic E-state index is -0.115. The SMILES string of the molecule is CC1(C)c2ccccc2-c2ccc(-c3c4ccccc4cc4c3oc3c(C(c5ccc(-c6ccccc6)cc5)c5ccc6c(c5)C(C)(C)c5ccccc5-6)cccc34)cc21. The number of benzene rings is 9. The van der Waals surface area contributed by atoms with Gasteiger partial charge in [0, 0.05) is 38.6 Å². The van der Waals surface area contributed by atoms with Gasteiger partial charge in [-0.15, -0.1) is 0 Å². The Labute approximate surface area is 351 Å². The van der Waals surface area contributed by atoms with Gasteiger partial charge in [0.2, 0.25) is 0 Å². The summed E-state index contributed by atoms with van der Waals surface area (Å²) in [7, 11) is 0. The Kier molecular flexibility index (Phi) is 7.45. The molecule has 12 rings (SSSR count). The van der Waals surface area contributed by atoms with Gasteiger partial charge in [-0.1, -0.05) is 204 Å². The van der Waals surface area contributed by atoms with Gasteiger partial charge in [0.1, 0.15) is 11.2 Å². The number of furan rings is 1. The van der Waals surface area contributed by atoms with Gasteiger partial charge in [-0.25, -0.2) is 0 Å². The molecule has 1 unspecified atom stereocenters. The largest absolute Gasteiger partial charge is 0.455 e. The molecule has 10 aromatic rings. The minimum Gasteiger partial charge on any atom is -0.455 e. The van der Waals surface area contributed by atoms with Crippen LogP contribution in [0.15, 0.2) is 192 Å². The molecule has 0 bridgehead atoms. The average Bonchev–Trinajstić information content (AvgIpc) is 3.86. The Hall–Kier alpha value is -6.96. The summed E-state index contributed by atoms with van der Waals surface area (Å²) in [6, 6.07) is 69.9. The third-order valence-electron chi connectivity index (χ3n) is 14.0. The zero-order valence-electron chi connectivity index (χ0n) is 34.4. The Balaban J connectivity index is 1.09. The number of para-hydroxylation sites is 1. The Morgan fingerprint density at radius 2 is 0.917 bits per heavy atom. The van der Waals surface area contributed by atoms with Crippen molar-refractivity contribution < 1.29 is 4.42 Å². The van der Waals surface area contributed by atoms with Crippen molar-refractivity contribution in [2.24, 2.45) is 0 Å². The van der Waals surface area contributed by atoms with Crippen molar-refractivity contribution in [2.75, 3.05) is 0 Å². The van der Waals surface area contributed by atoms with Gasteiger partial charge < -0.3 is 4.42 Å². The molecular weight excluding hydrogens is 725 g/mol. The molecule has 0 saturated carbocycles. The monoisotopic (exact) mass is 768 g/mol. The molecule has 0 amide bonds. The second-order valence-electron chi connectivity index (χ2n) is 18.0. The summed E-state index contributed by atoms with van der Waals surface area (Å²) in [5, 5.41) is 4.70. The van der Waals surface area contributed by atoms with Gasteiger partial charge in [-0.2, -0.15) is 0 Å². The first-order valence-electron chi connectivity index (χ1n) is 21.3. The standard InChI is InChI=1S/C59H44O/c1-58(2)50-23-12-10-19-43(50)45-31-29-40(34-52(45)58)54(38-27-25-37(26-28-38)36-15-6-5-7-16-36)48-22-14-21-47-49-33-39-17-8-9-18-42(39)55(57(49)60-56(47)48)41-30-32-46-44-20-11-13-24-51(44)59(3,4)53(46)35-41/h5-35,54H,1-4H3. The second-order valence-corrected chi connectivity index (χ2v) is 18.0. The molecule has 0 saturated heterocycles.